The van der Waals surface area contributed by atoms with Crippen LogP contribution in [0, 0.1) is 6.92 Å². The predicted octanol–water partition coefficient (Wildman–Crippen LogP) is 6.02. The van der Waals surface area contributed by atoms with Crippen LogP contribution < -0.4 is 14.2 Å². The molecule has 0 fully saturated rings. The van der Waals surface area contributed by atoms with Gasteiger partial charge >= 0.3 is 7.60 Å². The summed E-state index contributed by atoms with van der Waals surface area (Å²) in [7, 11) is -2.86. The minimum atomic E-state index is -4.39. The molecule has 210 valence electrons. The standard InChI is InChI=1S/C29H26N3O8P/c1-19-23(31-29(40-19)25-9-6-13-37-25)18-38-24-11-10-20(15-26(24)36-2)17-39-28-22(12-14-41(33,34)35)16-30-27(32-28)21-7-4-3-5-8-21/h3-16H,17-18H2,1-2H3,(H2,33,34,35). The largest absolute Gasteiger partial charge is 0.493 e. The molecule has 0 amide bonds. The summed E-state index contributed by atoms with van der Waals surface area (Å²) >= 11 is 0. The van der Waals surface area contributed by atoms with Crippen molar-refractivity contribution in [3.8, 4) is 40.4 Å². The van der Waals surface area contributed by atoms with Gasteiger partial charge in [-0.25, -0.2) is 9.97 Å². The Labute approximate surface area is 235 Å². The van der Waals surface area contributed by atoms with Crippen molar-refractivity contribution in [3.05, 3.63) is 102 Å². The molecule has 0 unspecified atom stereocenters. The first-order valence-corrected chi connectivity index (χ1v) is 14.1. The van der Waals surface area contributed by atoms with Crippen molar-refractivity contribution >= 4 is 13.7 Å². The third-order valence-electron chi connectivity index (χ3n) is 5.85. The molecule has 0 atom stereocenters. The summed E-state index contributed by atoms with van der Waals surface area (Å²) in [5.41, 5.74) is 2.46. The third kappa shape index (κ3) is 7.09. The molecule has 3 heterocycles. The highest BCUT2D eigenvalue weighted by Crippen LogP contribution is 2.38. The number of oxazole rings is 1. The second kappa shape index (κ2) is 12.2. The maximum absolute atomic E-state index is 11.4. The lowest BCUT2D eigenvalue weighted by atomic mass is 10.2. The van der Waals surface area contributed by atoms with E-state index in [0.29, 0.717) is 46.0 Å². The number of hydrogen-bond donors (Lipinski definition) is 2. The van der Waals surface area contributed by atoms with E-state index in [4.69, 9.17) is 23.0 Å². The number of methoxy groups -OCH3 is 1. The number of ether oxygens (including phenoxy) is 3. The van der Waals surface area contributed by atoms with Gasteiger partial charge in [0, 0.05) is 17.6 Å². The van der Waals surface area contributed by atoms with E-state index < -0.39 is 7.60 Å². The molecule has 3 aromatic heterocycles. The molecule has 0 aliphatic rings. The van der Waals surface area contributed by atoms with E-state index >= 15 is 0 Å². The molecule has 5 aromatic rings. The van der Waals surface area contributed by atoms with Gasteiger partial charge in [-0.05, 0) is 42.8 Å². The number of benzene rings is 2. The highest BCUT2D eigenvalue weighted by atomic mass is 31.2. The molecule has 0 saturated carbocycles. The smallest absolute Gasteiger partial charge is 0.349 e. The lowest BCUT2D eigenvalue weighted by Gasteiger charge is -2.13. The highest BCUT2D eigenvalue weighted by molar-refractivity contribution is 7.55. The summed E-state index contributed by atoms with van der Waals surface area (Å²) < 4.78 is 39.9. The maximum Gasteiger partial charge on any atom is 0.349 e. The van der Waals surface area contributed by atoms with Crippen LogP contribution in [0.15, 0.2) is 87.8 Å². The van der Waals surface area contributed by atoms with E-state index in [2.05, 4.69) is 15.0 Å². The molecule has 2 aromatic carbocycles. The third-order valence-corrected chi connectivity index (χ3v) is 6.39. The number of aromatic nitrogens is 3. The van der Waals surface area contributed by atoms with Crippen LogP contribution in [0.3, 0.4) is 0 Å². The molecule has 12 heteroatoms. The zero-order chi connectivity index (χ0) is 28.8. The average Bonchev–Trinajstić information content (AvgIpc) is 3.64. The van der Waals surface area contributed by atoms with Gasteiger partial charge < -0.3 is 32.8 Å². The molecular formula is C29H26N3O8P. The summed E-state index contributed by atoms with van der Waals surface area (Å²) in [4.78, 5) is 31.8. The van der Waals surface area contributed by atoms with Crippen LogP contribution in [0.2, 0.25) is 0 Å². The van der Waals surface area contributed by atoms with Gasteiger partial charge in [0.25, 0.3) is 5.89 Å². The maximum atomic E-state index is 11.4. The molecule has 2 N–H and O–H groups in total. The van der Waals surface area contributed by atoms with Crippen molar-refractivity contribution in [2.45, 2.75) is 20.1 Å². The highest BCUT2D eigenvalue weighted by Gasteiger charge is 2.16. The van der Waals surface area contributed by atoms with Crippen molar-refractivity contribution in [1.82, 2.24) is 15.0 Å². The van der Waals surface area contributed by atoms with Gasteiger partial charge in [-0.1, -0.05) is 36.4 Å². The first-order valence-electron chi connectivity index (χ1n) is 12.4. The molecular weight excluding hydrogens is 549 g/mol. The van der Waals surface area contributed by atoms with E-state index in [0.717, 1.165) is 16.9 Å². The van der Waals surface area contributed by atoms with Gasteiger partial charge in [0.1, 0.15) is 24.7 Å². The number of aryl methyl sites for hydroxylation is 1. The quantitative estimate of drug-likeness (QED) is 0.178. The van der Waals surface area contributed by atoms with Crippen LogP contribution in [0.1, 0.15) is 22.6 Å². The second-order valence-electron chi connectivity index (χ2n) is 8.79. The van der Waals surface area contributed by atoms with Crippen molar-refractivity contribution in [3.63, 3.8) is 0 Å². The van der Waals surface area contributed by atoms with Gasteiger partial charge in [-0.2, -0.15) is 4.98 Å². The molecule has 0 aliphatic heterocycles. The first-order chi connectivity index (χ1) is 19.8. The van der Waals surface area contributed by atoms with Gasteiger partial charge in [-0.3, -0.25) is 4.57 Å². The van der Waals surface area contributed by atoms with E-state index in [-0.39, 0.29) is 19.1 Å². The second-order valence-corrected chi connectivity index (χ2v) is 10.3. The van der Waals surface area contributed by atoms with Crippen molar-refractivity contribution in [1.29, 1.82) is 0 Å². The summed E-state index contributed by atoms with van der Waals surface area (Å²) in [6, 6.07) is 18.2. The summed E-state index contributed by atoms with van der Waals surface area (Å²) in [6.45, 7) is 2.05. The number of rotatable bonds is 11. The van der Waals surface area contributed by atoms with Crippen LogP contribution in [0.5, 0.6) is 17.4 Å². The van der Waals surface area contributed by atoms with Crippen LogP contribution in [-0.4, -0.2) is 31.8 Å². The minimum absolute atomic E-state index is 0.0908. The van der Waals surface area contributed by atoms with E-state index in [1.807, 2.05) is 36.4 Å². The SMILES string of the molecule is COc1cc(COc2nc(-c3ccccc3)ncc2C=CP(=O)(O)O)ccc1OCc1nc(-c2ccco2)oc1C. The first kappa shape index (κ1) is 27.9. The predicted molar refractivity (Wildman–Crippen MR) is 149 cm³/mol. The average molecular weight is 576 g/mol. The van der Waals surface area contributed by atoms with Gasteiger partial charge in [0.05, 0.1) is 18.9 Å². The molecule has 0 radical (unpaired) electrons. The summed E-state index contributed by atoms with van der Waals surface area (Å²) in [6.07, 6.45) is 4.25. The minimum Gasteiger partial charge on any atom is -0.493 e. The van der Waals surface area contributed by atoms with Gasteiger partial charge in [0.2, 0.25) is 5.88 Å². The lowest BCUT2D eigenvalue weighted by Crippen LogP contribution is -2.03. The zero-order valence-electron chi connectivity index (χ0n) is 22.1. The fraction of sp³-hybridized carbons (Fsp3) is 0.138. The molecule has 0 spiro atoms. The normalized spacial score (nSPS) is 11.6. The molecule has 0 bridgehead atoms. The Kier molecular flexibility index (Phi) is 8.30. The molecule has 5 rings (SSSR count). The lowest BCUT2D eigenvalue weighted by molar-refractivity contribution is 0.275. The number of hydrogen-bond acceptors (Lipinski definition) is 9. The van der Waals surface area contributed by atoms with Crippen molar-refractivity contribution in [2.24, 2.45) is 0 Å². The molecule has 41 heavy (non-hydrogen) atoms. The topological polar surface area (TPSA) is 150 Å². The van der Waals surface area contributed by atoms with Crippen LogP contribution in [0.4, 0.5) is 0 Å². The number of furan rings is 1. The van der Waals surface area contributed by atoms with Crippen molar-refractivity contribution < 1.29 is 37.4 Å². The van der Waals surface area contributed by atoms with E-state index in [1.54, 1.807) is 37.5 Å². The van der Waals surface area contributed by atoms with E-state index in [1.165, 1.54) is 19.4 Å². The summed E-state index contributed by atoms with van der Waals surface area (Å²) in [5.74, 6) is 3.85. The van der Waals surface area contributed by atoms with E-state index in [9.17, 15) is 14.4 Å². The van der Waals surface area contributed by atoms with Crippen molar-refractivity contribution in [2.75, 3.05) is 7.11 Å². The number of nitrogens with zero attached hydrogens (tertiary/aromatic N) is 3. The van der Waals surface area contributed by atoms with Crippen LogP contribution in [-0.2, 0) is 17.8 Å². The Hall–Kier alpha value is -4.70. The van der Waals surface area contributed by atoms with Crippen LogP contribution in [0.25, 0.3) is 29.1 Å². The Bertz CT molecular complexity index is 1690. The Morgan fingerprint density at radius 3 is 2.54 bits per heavy atom. The fourth-order valence-electron chi connectivity index (χ4n) is 3.80. The van der Waals surface area contributed by atoms with Gasteiger partial charge in [-0.15, -0.1) is 0 Å². The Morgan fingerprint density at radius 1 is 0.976 bits per heavy atom. The molecule has 11 nitrogen and oxygen atoms in total. The van der Waals surface area contributed by atoms with Gasteiger partial charge in [0.15, 0.2) is 23.1 Å². The Morgan fingerprint density at radius 2 is 1.80 bits per heavy atom. The fourth-order valence-corrected chi connectivity index (χ4v) is 4.15. The molecule has 0 aliphatic carbocycles. The monoisotopic (exact) mass is 575 g/mol. The molecule has 0 saturated heterocycles. The Balaban J connectivity index is 1.32. The van der Waals surface area contributed by atoms with Crippen LogP contribution >= 0.6 is 7.60 Å². The zero-order valence-corrected chi connectivity index (χ0v) is 23.0. The summed E-state index contributed by atoms with van der Waals surface area (Å²) in [5, 5.41) is 0.